The van der Waals surface area contributed by atoms with Crippen LogP contribution in [0.4, 0.5) is 4.39 Å². The minimum absolute atomic E-state index is 0.324. The van der Waals surface area contributed by atoms with Gasteiger partial charge in [0.15, 0.2) is 5.60 Å². The molecule has 0 radical (unpaired) electrons. The lowest BCUT2D eigenvalue weighted by Gasteiger charge is -2.27. The predicted octanol–water partition coefficient (Wildman–Crippen LogP) is 5.21. The molecular weight excluding hydrogens is 327 g/mol. The minimum Gasteiger partial charge on any atom is -0.446 e. The Balaban J connectivity index is 2.00. The van der Waals surface area contributed by atoms with E-state index in [-0.39, 0.29) is 11.8 Å². The normalized spacial score (nSPS) is 19.5. The van der Waals surface area contributed by atoms with Gasteiger partial charge in [0.05, 0.1) is 5.57 Å². The second-order valence-corrected chi connectivity index (χ2v) is 6.41. The standard InChI is InChI=1S/C23H17FO2/c1-23(18-12-14-19(24)15-13-18)21(17-10-6-3-7-11-17)20(22(25)26-23)16-8-4-2-5-9-16/h2-15H,1H3. The predicted molar refractivity (Wildman–Crippen MR) is 99.5 cm³/mol. The molecule has 1 heterocycles. The number of hydrogen-bond acceptors (Lipinski definition) is 2. The Morgan fingerprint density at radius 3 is 1.88 bits per heavy atom. The van der Waals surface area contributed by atoms with Crippen LogP contribution in [-0.2, 0) is 15.1 Å². The molecule has 0 saturated carbocycles. The summed E-state index contributed by atoms with van der Waals surface area (Å²) in [5, 5.41) is 0. The molecule has 0 spiro atoms. The Morgan fingerprint density at radius 1 is 0.769 bits per heavy atom. The van der Waals surface area contributed by atoms with Crippen LogP contribution in [0.5, 0.6) is 0 Å². The van der Waals surface area contributed by atoms with Gasteiger partial charge in [-0.15, -0.1) is 0 Å². The molecule has 26 heavy (non-hydrogen) atoms. The van der Waals surface area contributed by atoms with E-state index in [0.717, 1.165) is 22.3 Å². The van der Waals surface area contributed by atoms with Crippen molar-refractivity contribution in [1.29, 1.82) is 0 Å². The van der Waals surface area contributed by atoms with E-state index in [1.165, 1.54) is 12.1 Å². The first kappa shape index (κ1) is 16.3. The summed E-state index contributed by atoms with van der Waals surface area (Å²) in [7, 11) is 0. The number of cyclic esters (lactones) is 1. The SMILES string of the molecule is CC1(c2ccc(F)cc2)OC(=O)C(c2ccccc2)=C1c1ccccc1. The van der Waals surface area contributed by atoms with Crippen molar-refractivity contribution in [3.63, 3.8) is 0 Å². The lowest BCUT2D eigenvalue weighted by molar-refractivity contribution is -0.143. The average Bonchev–Trinajstić information content (AvgIpc) is 2.95. The first-order valence-corrected chi connectivity index (χ1v) is 8.44. The highest BCUT2D eigenvalue weighted by Gasteiger charge is 2.46. The summed E-state index contributed by atoms with van der Waals surface area (Å²) in [5.74, 6) is -0.697. The molecule has 1 aliphatic heterocycles. The Hall–Kier alpha value is -3.20. The Bertz CT molecular complexity index is 976. The van der Waals surface area contributed by atoms with Crippen LogP contribution in [0.2, 0.25) is 0 Å². The molecule has 1 aliphatic rings. The van der Waals surface area contributed by atoms with Crippen LogP contribution >= 0.6 is 0 Å². The first-order valence-electron chi connectivity index (χ1n) is 8.44. The topological polar surface area (TPSA) is 26.3 Å². The van der Waals surface area contributed by atoms with E-state index in [1.54, 1.807) is 12.1 Å². The van der Waals surface area contributed by atoms with Crippen molar-refractivity contribution in [1.82, 2.24) is 0 Å². The van der Waals surface area contributed by atoms with Gasteiger partial charge in [-0.25, -0.2) is 9.18 Å². The maximum Gasteiger partial charge on any atom is 0.340 e. The number of halogens is 1. The zero-order chi connectivity index (χ0) is 18.1. The zero-order valence-electron chi connectivity index (χ0n) is 14.3. The molecule has 128 valence electrons. The molecule has 0 aromatic heterocycles. The van der Waals surface area contributed by atoms with Crippen molar-refractivity contribution in [2.24, 2.45) is 0 Å². The van der Waals surface area contributed by atoms with Gasteiger partial charge in [0.25, 0.3) is 0 Å². The number of esters is 1. The van der Waals surface area contributed by atoms with Gasteiger partial charge in [-0.1, -0.05) is 72.8 Å². The van der Waals surface area contributed by atoms with E-state index >= 15 is 0 Å². The maximum absolute atomic E-state index is 13.4. The second-order valence-electron chi connectivity index (χ2n) is 6.41. The summed E-state index contributed by atoms with van der Waals surface area (Å²) in [6.45, 7) is 1.86. The maximum atomic E-state index is 13.4. The highest BCUT2D eigenvalue weighted by atomic mass is 19.1. The van der Waals surface area contributed by atoms with Crippen molar-refractivity contribution in [3.8, 4) is 0 Å². The molecule has 0 amide bonds. The number of benzene rings is 3. The van der Waals surface area contributed by atoms with Gasteiger partial charge in [0.2, 0.25) is 0 Å². The van der Waals surface area contributed by atoms with Crippen molar-refractivity contribution in [3.05, 3.63) is 107 Å². The van der Waals surface area contributed by atoms with Gasteiger partial charge < -0.3 is 4.74 Å². The molecule has 0 fully saturated rings. The third-order valence-corrected chi connectivity index (χ3v) is 4.75. The summed E-state index contributed by atoms with van der Waals surface area (Å²) >= 11 is 0. The Kier molecular flexibility index (Phi) is 3.92. The van der Waals surface area contributed by atoms with Gasteiger partial charge in [0.1, 0.15) is 5.82 Å². The molecule has 3 aromatic carbocycles. The van der Waals surface area contributed by atoms with Gasteiger partial charge in [-0.2, -0.15) is 0 Å². The molecule has 0 aliphatic carbocycles. The van der Waals surface area contributed by atoms with Crippen molar-refractivity contribution in [2.45, 2.75) is 12.5 Å². The fourth-order valence-electron chi connectivity index (χ4n) is 3.49. The lowest BCUT2D eigenvalue weighted by atomic mass is 9.81. The van der Waals surface area contributed by atoms with Crippen LogP contribution in [0.1, 0.15) is 23.6 Å². The summed E-state index contributed by atoms with van der Waals surface area (Å²) in [6.07, 6.45) is 0. The van der Waals surface area contributed by atoms with Crippen LogP contribution in [0.3, 0.4) is 0 Å². The van der Waals surface area contributed by atoms with Crippen LogP contribution in [0.25, 0.3) is 11.1 Å². The highest BCUT2D eigenvalue weighted by Crippen LogP contribution is 2.49. The fourth-order valence-corrected chi connectivity index (χ4v) is 3.49. The monoisotopic (exact) mass is 344 g/mol. The molecule has 0 saturated heterocycles. The quantitative estimate of drug-likeness (QED) is 0.610. The molecule has 4 rings (SSSR count). The fraction of sp³-hybridized carbons (Fsp3) is 0.0870. The van der Waals surface area contributed by atoms with E-state index in [4.69, 9.17) is 4.74 Å². The van der Waals surface area contributed by atoms with E-state index in [1.807, 2.05) is 67.6 Å². The molecule has 3 aromatic rings. The largest absolute Gasteiger partial charge is 0.446 e. The van der Waals surface area contributed by atoms with Crippen molar-refractivity contribution >= 4 is 17.1 Å². The molecule has 1 atom stereocenters. The molecule has 2 nitrogen and oxygen atoms in total. The van der Waals surface area contributed by atoms with E-state index in [0.29, 0.717) is 5.57 Å². The molecule has 0 N–H and O–H groups in total. The minimum atomic E-state index is -0.989. The van der Waals surface area contributed by atoms with E-state index in [9.17, 15) is 9.18 Å². The molecule has 0 bridgehead atoms. The summed E-state index contributed by atoms with van der Waals surface area (Å²) in [6, 6.07) is 25.3. The van der Waals surface area contributed by atoms with Gasteiger partial charge in [-0.05, 0) is 30.2 Å². The lowest BCUT2D eigenvalue weighted by Crippen LogP contribution is -2.24. The van der Waals surface area contributed by atoms with E-state index < -0.39 is 5.60 Å². The van der Waals surface area contributed by atoms with Crippen LogP contribution in [-0.4, -0.2) is 5.97 Å². The average molecular weight is 344 g/mol. The van der Waals surface area contributed by atoms with Crippen LogP contribution in [0, 0.1) is 5.82 Å². The highest BCUT2D eigenvalue weighted by molar-refractivity contribution is 6.28. The third-order valence-electron chi connectivity index (χ3n) is 4.75. The van der Waals surface area contributed by atoms with Crippen molar-refractivity contribution in [2.75, 3.05) is 0 Å². The second kappa shape index (κ2) is 6.26. The number of hydrogen-bond donors (Lipinski definition) is 0. The number of ether oxygens (including phenoxy) is 1. The summed E-state index contributed by atoms with van der Waals surface area (Å²) in [4.78, 5) is 12.9. The van der Waals surface area contributed by atoms with Gasteiger partial charge >= 0.3 is 5.97 Å². The Morgan fingerprint density at radius 2 is 1.31 bits per heavy atom. The van der Waals surface area contributed by atoms with Gasteiger partial charge in [0, 0.05) is 11.1 Å². The Labute approximate surface area is 151 Å². The summed E-state index contributed by atoms with van der Waals surface area (Å²) in [5.41, 5.74) is 2.80. The van der Waals surface area contributed by atoms with Crippen molar-refractivity contribution < 1.29 is 13.9 Å². The third kappa shape index (κ3) is 2.62. The smallest absolute Gasteiger partial charge is 0.340 e. The molecular formula is C23H17FO2. The zero-order valence-corrected chi connectivity index (χ0v) is 14.3. The van der Waals surface area contributed by atoms with Crippen LogP contribution < -0.4 is 0 Å². The van der Waals surface area contributed by atoms with Gasteiger partial charge in [-0.3, -0.25) is 0 Å². The summed E-state index contributed by atoms with van der Waals surface area (Å²) < 4.78 is 19.3. The molecule has 3 heteroatoms. The number of rotatable bonds is 3. The first-order chi connectivity index (χ1) is 12.6. The van der Waals surface area contributed by atoms with E-state index in [2.05, 4.69) is 0 Å². The molecule has 1 unspecified atom stereocenters. The number of carbonyl (C=O) groups is 1. The van der Waals surface area contributed by atoms with Crippen LogP contribution in [0.15, 0.2) is 84.9 Å². The number of carbonyl (C=O) groups excluding carboxylic acids is 1.